The maximum absolute atomic E-state index is 11.2. The second-order valence-electron chi connectivity index (χ2n) is 5.34. The van der Waals surface area contributed by atoms with Crippen molar-refractivity contribution in [3.63, 3.8) is 0 Å². The summed E-state index contributed by atoms with van der Waals surface area (Å²) in [5.74, 6) is 0.636. The van der Waals surface area contributed by atoms with Crippen LogP contribution in [-0.2, 0) is 6.42 Å². The molecule has 1 heterocycles. The molecule has 0 aliphatic heterocycles. The molecule has 2 aromatic carbocycles. The Morgan fingerprint density at radius 3 is 2.42 bits per heavy atom. The summed E-state index contributed by atoms with van der Waals surface area (Å²) in [6, 6.07) is 16.7. The van der Waals surface area contributed by atoms with Gasteiger partial charge in [-0.1, -0.05) is 53.8 Å². The number of aliphatic hydroxyl groups excluding tert-OH is 1. The van der Waals surface area contributed by atoms with Crippen molar-refractivity contribution >= 4 is 11.3 Å². The molecule has 0 saturated carbocycles. The van der Waals surface area contributed by atoms with Crippen molar-refractivity contribution in [3.8, 4) is 11.6 Å². The first-order valence-corrected chi connectivity index (χ1v) is 8.29. The van der Waals surface area contributed by atoms with Crippen LogP contribution in [0.4, 0.5) is 0 Å². The van der Waals surface area contributed by atoms with E-state index in [2.05, 4.69) is 4.98 Å². The third-order valence-electron chi connectivity index (χ3n) is 3.58. The average molecular weight is 343 g/mol. The molecule has 0 fully saturated rings. The number of ether oxygens (including phenoxy) is 1. The van der Waals surface area contributed by atoms with Crippen LogP contribution >= 0.6 is 11.3 Å². The van der Waals surface area contributed by atoms with E-state index in [-0.39, 0.29) is 17.4 Å². The van der Waals surface area contributed by atoms with E-state index in [0.29, 0.717) is 17.0 Å². The van der Waals surface area contributed by atoms with Crippen LogP contribution in [0.15, 0.2) is 59.4 Å². The number of hydrogen-bond donors (Lipinski definition) is 3. The number of aliphatic hydroxyl groups is 1. The van der Waals surface area contributed by atoms with Crippen molar-refractivity contribution in [1.29, 1.82) is 0 Å². The van der Waals surface area contributed by atoms with Crippen molar-refractivity contribution in [2.24, 2.45) is 0 Å². The van der Waals surface area contributed by atoms with Crippen LogP contribution in [0.1, 0.15) is 22.1 Å². The number of aromatic nitrogens is 1. The molecule has 6 heteroatoms. The highest BCUT2D eigenvalue weighted by molar-refractivity contribution is 7.09. The van der Waals surface area contributed by atoms with Crippen molar-refractivity contribution < 1.29 is 14.9 Å². The maximum atomic E-state index is 11.2. The molecule has 0 bridgehead atoms. The van der Waals surface area contributed by atoms with Gasteiger partial charge >= 0.3 is 4.87 Å². The van der Waals surface area contributed by atoms with Gasteiger partial charge in [-0.05, 0) is 23.3 Å². The topological polar surface area (TPSA) is 82.6 Å². The summed E-state index contributed by atoms with van der Waals surface area (Å²) in [5, 5.41) is 19.8. The van der Waals surface area contributed by atoms with Gasteiger partial charge in [0.05, 0.1) is 4.88 Å². The lowest BCUT2D eigenvalue weighted by Crippen LogP contribution is -2.09. The summed E-state index contributed by atoms with van der Waals surface area (Å²) in [5.41, 5.74) is 1.70. The molecule has 0 saturated heterocycles. The summed E-state index contributed by atoms with van der Waals surface area (Å²) in [6.07, 6.45) is -0.262. The summed E-state index contributed by atoms with van der Waals surface area (Å²) in [7, 11) is 0. The van der Waals surface area contributed by atoms with Crippen LogP contribution in [0, 0.1) is 0 Å². The zero-order valence-corrected chi connectivity index (χ0v) is 13.6. The minimum Gasteiger partial charge on any atom is -0.494 e. The van der Waals surface area contributed by atoms with Gasteiger partial charge in [-0.25, -0.2) is 0 Å². The number of para-hydroxylation sites is 1. The molecule has 1 aromatic heterocycles. The maximum Gasteiger partial charge on any atom is 0.307 e. The molecule has 0 aliphatic rings. The lowest BCUT2D eigenvalue weighted by atomic mass is 10.1. The fraction of sp³-hybridized carbons (Fsp3) is 0.167. The predicted octanol–water partition coefficient (Wildman–Crippen LogP) is 2.85. The first kappa shape index (κ1) is 16.3. The largest absolute Gasteiger partial charge is 0.494 e. The Kier molecular flexibility index (Phi) is 4.98. The molecule has 3 rings (SSSR count). The molecule has 0 aliphatic carbocycles. The van der Waals surface area contributed by atoms with Gasteiger partial charge in [0.25, 0.3) is 0 Å². The molecule has 3 aromatic rings. The number of thiazole rings is 1. The molecule has 24 heavy (non-hydrogen) atoms. The minimum absolute atomic E-state index is 0.0784. The second-order valence-corrected chi connectivity index (χ2v) is 6.41. The van der Waals surface area contributed by atoms with Gasteiger partial charge in [0, 0.05) is 6.42 Å². The predicted molar refractivity (Wildman–Crippen MR) is 92.7 cm³/mol. The normalized spacial score (nSPS) is 12.0. The lowest BCUT2D eigenvalue weighted by molar-refractivity contribution is 0.108. The van der Waals surface area contributed by atoms with E-state index in [1.165, 1.54) is 0 Å². The van der Waals surface area contributed by atoms with Gasteiger partial charge in [0.2, 0.25) is 5.88 Å². The Hall–Kier alpha value is -2.57. The summed E-state index contributed by atoms with van der Waals surface area (Å²) in [6.45, 7) is 0.170. The van der Waals surface area contributed by atoms with Gasteiger partial charge in [0.15, 0.2) is 0 Å². The summed E-state index contributed by atoms with van der Waals surface area (Å²) in [4.78, 5) is 13.9. The smallest absolute Gasteiger partial charge is 0.307 e. The van der Waals surface area contributed by atoms with Crippen molar-refractivity contribution in [2.45, 2.75) is 12.5 Å². The van der Waals surface area contributed by atoms with Gasteiger partial charge in [-0.2, -0.15) is 0 Å². The van der Waals surface area contributed by atoms with Crippen LogP contribution in [0.2, 0.25) is 0 Å². The molecule has 124 valence electrons. The number of aromatic amines is 1. The first-order valence-electron chi connectivity index (χ1n) is 7.47. The first-order chi connectivity index (χ1) is 11.6. The van der Waals surface area contributed by atoms with E-state index in [1.54, 1.807) is 0 Å². The van der Waals surface area contributed by atoms with Gasteiger partial charge < -0.3 is 14.9 Å². The molecule has 5 nitrogen and oxygen atoms in total. The van der Waals surface area contributed by atoms with Crippen molar-refractivity contribution in [2.75, 3.05) is 6.61 Å². The van der Waals surface area contributed by atoms with Crippen LogP contribution in [0.25, 0.3) is 0 Å². The number of H-pyrrole nitrogens is 1. The quantitative estimate of drug-likeness (QED) is 0.643. The van der Waals surface area contributed by atoms with E-state index in [0.717, 1.165) is 22.5 Å². The molecule has 0 radical (unpaired) electrons. The lowest BCUT2D eigenvalue weighted by Gasteiger charge is -2.13. The van der Waals surface area contributed by atoms with E-state index in [9.17, 15) is 15.0 Å². The Morgan fingerprint density at radius 2 is 1.79 bits per heavy atom. The number of nitrogens with one attached hydrogen (secondary N) is 1. The number of hydrogen-bond acceptors (Lipinski definition) is 5. The van der Waals surface area contributed by atoms with Crippen LogP contribution in [0.3, 0.4) is 0 Å². The highest BCUT2D eigenvalue weighted by atomic mass is 32.1. The minimum atomic E-state index is -0.726. The van der Waals surface area contributed by atoms with Gasteiger partial charge in [-0.15, -0.1) is 0 Å². The Bertz CT molecular complexity index is 839. The zero-order valence-electron chi connectivity index (χ0n) is 12.8. The van der Waals surface area contributed by atoms with Crippen LogP contribution in [0.5, 0.6) is 11.6 Å². The summed E-state index contributed by atoms with van der Waals surface area (Å²) < 4.78 is 5.55. The second kappa shape index (κ2) is 7.33. The van der Waals surface area contributed by atoms with Crippen molar-refractivity contribution in [3.05, 3.63) is 80.3 Å². The van der Waals surface area contributed by atoms with Gasteiger partial charge in [-0.3, -0.25) is 9.78 Å². The Labute approximate surface area is 142 Å². The standard InChI is InChI=1S/C18H17NO4S/c20-15(11-23-14-4-2-1-3-5-14)13-8-6-12(7-9-13)10-16-17(21)19-18(22)24-16/h1-9,15,20-21H,10-11H2,(H,19,22). The van der Waals surface area contributed by atoms with E-state index < -0.39 is 6.10 Å². The Balaban J connectivity index is 1.61. The van der Waals surface area contributed by atoms with Crippen LogP contribution < -0.4 is 9.61 Å². The van der Waals surface area contributed by atoms with Crippen molar-refractivity contribution in [1.82, 2.24) is 4.98 Å². The number of aromatic hydroxyl groups is 1. The van der Waals surface area contributed by atoms with Gasteiger partial charge in [0.1, 0.15) is 18.5 Å². The summed E-state index contributed by atoms with van der Waals surface area (Å²) >= 11 is 0.995. The third kappa shape index (κ3) is 4.04. The molecule has 3 N–H and O–H groups in total. The van der Waals surface area contributed by atoms with E-state index in [4.69, 9.17) is 4.74 Å². The zero-order chi connectivity index (χ0) is 16.9. The molecule has 0 amide bonds. The molecule has 1 unspecified atom stereocenters. The van der Waals surface area contributed by atoms with E-state index in [1.807, 2.05) is 54.6 Å². The highest BCUT2D eigenvalue weighted by Crippen LogP contribution is 2.22. The highest BCUT2D eigenvalue weighted by Gasteiger charge is 2.11. The molecular weight excluding hydrogens is 326 g/mol. The van der Waals surface area contributed by atoms with E-state index >= 15 is 0 Å². The fourth-order valence-corrected chi connectivity index (χ4v) is 3.06. The van der Waals surface area contributed by atoms with Crippen LogP contribution in [-0.4, -0.2) is 21.8 Å². The Morgan fingerprint density at radius 1 is 1.08 bits per heavy atom. The number of rotatable bonds is 6. The molecule has 0 spiro atoms. The fourth-order valence-electron chi connectivity index (χ4n) is 2.30. The third-order valence-corrected chi connectivity index (χ3v) is 4.45. The monoisotopic (exact) mass is 343 g/mol. The SMILES string of the molecule is O=c1[nH]c(O)c(Cc2ccc(C(O)COc3ccccc3)cc2)s1. The molecule has 1 atom stereocenters. The average Bonchev–Trinajstić information content (AvgIpc) is 2.91. The number of benzene rings is 2. The molecular formula is C18H17NO4S.